The molecule has 7 aromatic heterocycles. The van der Waals surface area contributed by atoms with E-state index in [2.05, 4.69) is 430 Å². The van der Waals surface area contributed by atoms with Crippen molar-refractivity contribution in [2.24, 2.45) is 49.3 Å². The highest BCUT2D eigenvalue weighted by atomic mass is 15.0. The Morgan fingerprint density at radius 1 is 0.148 bits per heavy atom. The molecule has 7 heteroatoms. The lowest BCUT2D eigenvalue weighted by atomic mass is 10.1. The van der Waals surface area contributed by atoms with Crippen LogP contribution in [0.3, 0.4) is 0 Å². The molecule has 0 bridgehead atoms. The average Bonchev–Trinajstić information content (AvgIpc) is 1.63. The number of para-hydroxylation sites is 7. The van der Waals surface area contributed by atoms with Crippen molar-refractivity contribution in [1.29, 1.82) is 0 Å². The number of hydrogen-bond acceptors (Lipinski definition) is 0. The van der Waals surface area contributed by atoms with Gasteiger partial charge in [0.05, 0.1) is 16.6 Å². The van der Waals surface area contributed by atoms with Crippen molar-refractivity contribution in [1.82, 2.24) is 32.0 Å². The fourth-order valence-corrected chi connectivity index (χ4v) is 17.0. The van der Waals surface area contributed by atoms with Crippen LogP contribution >= 0.6 is 0 Å². The molecular weight excluding hydrogens is 1310 g/mol. The van der Waals surface area contributed by atoms with Crippen molar-refractivity contribution >= 4 is 153 Å². The zero-order chi connectivity index (χ0) is 75.5. The van der Waals surface area contributed by atoms with Crippen LogP contribution in [-0.2, 0) is 49.3 Å². The first-order valence-electron chi connectivity index (χ1n) is 37.7. The Morgan fingerprint density at radius 2 is 0.380 bits per heavy atom. The lowest BCUT2D eigenvalue weighted by Crippen LogP contribution is -1.90. The zero-order valence-corrected chi connectivity index (χ0v) is 65.7. The van der Waals surface area contributed by atoms with E-state index in [9.17, 15) is 0 Å². The summed E-state index contributed by atoms with van der Waals surface area (Å²) in [7, 11) is 15.0. The molecular formula is C101H97N7. The van der Waals surface area contributed by atoms with Crippen molar-refractivity contribution in [2.75, 3.05) is 0 Å². The van der Waals surface area contributed by atoms with Gasteiger partial charge in [-0.25, -0.2) is 0 Å². The molecule has 0 N–H and O–H groups in total. The Balaban J connectivity index is 0.000000101. The van der Waals surface area contributed by atoms with Gasteiger partial charge in [-0.2, -0.15) is 0 Å². The van der Waals surface area contributed by atoms with Gasteiger partial charge in [-0.1, -0.05) is 211 Å². The summed E-state index contributed by atoms with van der Waals surface area (Å²) in [5.41, 5.74) is 31.8. The van der Waals surface area contributed by atoms with Crippen LogP contribution in [0, 0.1) is 69.2 Å². The van der Waals surface area contributed by atoms with Crippen LogP contribution in [0.2, 0.25) is 0 Å². The fraction of sp³-hybridized carbons (Fsp3) is 0.168. The number of nitrogens with zero attached hydrogens (tertiary/aromatic N) is 7. The molecule has 0 fully saturated rings. The lowest BCUT2D eigenvalue weighted by Gasteiger charge is -2.02. The van der Waals surface area contributed by atoms with Gasteiger partial charge in [-0.05, 0) is 193 Å². The van der Waals surface area contributed by atoms with Gasteiger partial charge in [0, 0.05) is 185 Å². The third-order valence-electron chi connectivity index (χ3n) is 22.5. The summed E-state index contributed by atoms with van der Waals surface area (Å²) in [6, 6.07) is 100. The van der Waals surface area contributed by atoms with Crippen LogP contribution in [0.5, 0.6) is 0 Å². The molecule has 7 nitrogen and oxygen atoms in total. The zero-order valence-electron chi connectivity index (χ0n) is 65.7. The Morgan fingerprint density at radius 3 is 0.796 bits per heavy atom. The highest BCUT2D eigenvalue weighted by Gasteiger charge is 2.15. The lowest BCUT2D eigenvalue weighted by molar-refractivity contribution is 1.00. The standard InChI is InChI=1S/3C15H15N.4C14H13N/c1-10-4-6-14-12(8-10)13-9-11(2)5-7-15(13)16(14)3;1-10-4-6-12-13-7-5-11(2)9-15(13)16(3)14(12)8-10;1-10-6-4-8-12-13-9-5-7-11(2)15(13)16(3)14(10)12;1-10-6-5-8-12-11-7-3-4-9-13(11)15(2)14(10)12;1-10-6-5-9-13-14(10)11-7-3-4-8-12(11)15(13)2;1-10-7-8-14-12(9-10)11-5-3-4-6-13(11)15(14)2;1-10-7-8-12-11-5-3-4-6-13(11)15(2)14(12)9-10/h3*4-9H,1-3H3;4*3-9H,1-2H3. The van der Waals surface area contributed by atoms with Crippen LogP contribution in [0.1, 0.15) is 55.6 Å². The van der Waals surface area contributed by atoms with Gasteiger partial charge in [-0.15, -0.1) is 0 Å². The third-order valence-corrected chi connectivity index (χ3v) is 22.5. The SMILES string of the molecule is Cc1ccc2c(c1)c1cc(C)ccc1n2C.Cc1ccc2c(c1)c1ccccc1n2C.Cc1ccc2c3ccc(C)cc3n(C)c2c1.Cc1ccc2c3ccccc3n(C)c2c1.Cc1cccc2c1c1ccccc1n2C.Cc1cccc2c3cccc(C)c3n(C)c12.Cc1cccc2c3ccccc3n(C)c12. The van der Waals surface area contributed by atoms with E-state index in [-0.39, 0.29) is 0 Å². The summed E-state index contributed by atoms with van der Waals surface area (Å²) in [4.78, 5) is 0. The number of aromatic nitrogens is 7. The quantitative estimate of drug-likeness (QED) is 0.145. The predicted molar refractivity (Wildman–Crippen MR) is 470 cm³/mol. The predicted octanol–water partition coefficient (Wildman–Crippen LogP) is 26.4. The molecule has 7 heterocycles. The highest BCUT2D eigenvalue weighted by Crippen LogP contribution is 2.37. The molecule has 0 saturated carbocycles. The van der Waals surface area contributed by atoms with E-state index in [1.807, 2.05) is 0 Å². The Bertz CT molecular complexity index is 6810. The summed E-state index contributed by atoms with van der Waals surface area (Å²) in [5.74, 6) is 0. The normalized spacial score (nSPS) is 11.4. The van der Waals surface area contributed by atoms with Crippen molar-refractivity contribution in [3.63, 3.8) is 0 Å². The summed E-state index contributed by atoms with van der Waals surface area (Å²) in [6.07, 6.45) is 0. The molecule has 0 unspecified atom stereocenters. The first-order chi connectivity index (χ1) is 52.1. The average molecular weight is 1410 g/mol. The van der Waals surface area contributed by atoms with Gasteiger partial charge in [-0.3, -0.25) is 0 Å². The maximum atomic E-state index is 2.31. The first kappa shape index (κ1) is 71.3. The van der Waals surface area contributed by atoms with Crippen molar-refractivity contribution in [3.05, 3.63) is 335 Å². The van der Waals surface area contributed by atoms with Gasteiger partial charge in [0.15, 0.2) is 0 Å². The Labute approximate surface area is 633 Å². The third kappa shape index (κ3) is 12.9. The second-order valence-electron chi connectivity index (χ2n) is 30.0. The highest BCUT2D eigenvalue weighted by molar-refractivity contribution is 6.14. The molecule has 0 saturated heterocycles. The largest absolute Gasteiger partial charge is 0.344 e. The molecule has 0 atom stereocenters. The number of fused-ring (bicyclic) bond motifs is 21. The second kappa shape index (κ2) is 29.2. The minimum absolute atomic E-state index is 1.30. The summed E-state index contributed by atoms with van der Waals surface area (Å²) in [5, 5.41) is 19.0. The second-order valence-corrected chi connectivity index (χ2v) is 30.0. The molecule has 0 spiro atoms. The van der Waals surface area contributed by atoms with Gasteiger partial charge in [0.1, 0.15) is 0 Å². The molecule has 14 aromatic carbocycles. The molecule has 0 radical (unpaired) electrons. The van der Waals surface area contributed by atoms with Crippen molar-refractivity contribution < 1.29 is 0 Å². The number of rotatable bonds is 0. The van der Waals surface area contributed by atoms with Crippen LogP contribution in [0.25, 0.3) is 153 Å². The molecule has 0 aliphatic rings. The van der Waals surface area contributed by atoms with Crippen LogP contribution < -0.4 is 0 Å². The molecule has 21 aromatic rings. The molecule has 21 rings (SSSR count). The van der Waals surface area contributed by atoms with Crippen molar-refractivity contribution in [3.8, 4) is 0 Å². The summed E-state index contributed by atoms with van der Waals surface area (Å²) in [6.45, 7) is 21.5. The fourth-order valence-electron chi connectivity index (χ4n) is 17.0. The monoisotopic (exact) mass is 1410 g/mol. The minimum atomic E-state index is 1.30. The first-order valence-corrected chi connectivity index (χ1v) is 37.7. The number of benzene rings is 14. The maximum Gasteiger partial charge on any atom is 0.0518 e. The Hall–Kier alpha value is -12.3. The van der Waals surface area contributed by atoms with Gasteiger partial charge < -0.3 is 32.0 Å². The number of hydrogen-bond donors (Lipinski definition) is 0. The molecule has 0 amide bonds. The van der Waals surface area contributed by atoms with E-state index in [0.717, 1.165) is 0 Å². The summed E-state index contributed by atoms with van der Waals surface area (Å²) >= 11 is 0. The molecule has 0 aliphatic heterocycles. The van der Waals surface area contributed by atoms with E-state index in [1.54, 1.807) is 0 Å². The number of aryl methyl sites for hydroxylation is 17. The summed E-state index contributed by atoms with van der Waals surface area (Å²) < 4.78 is 15.9. The van der Waals surface area contributed by atoms with Gasteiger partial charge >= 0.3 is 0 Å². The van der Waals surface area contributed by atoms with Gasteiger partial charge in [0.25, 0.3) is 0 Å². The molecule has 108 heavy (non-hydrogen) atoms. The van der Waals surface area contributed by atoms with E-state index in [1.165, 1.54) is 208 Å². The van der Waals surface area contributed by atoms with Crippen LogP contribution in [0.4, 0.5) is 0 Å². The van der Waals surface area contributed by atoms with E-state index in [4.69, 9.17) is 0 Å². The van der Waals surface area contributed by atoms with Gasteiger partial charge in [0.2, 0.25) is 0 Å². The maximum absolute atomic E-state index is 2.31. The van der Waals surface area contributed by atoms with Crippen LogP contribution in [0.15, 0.2) is 279 Å². The molecule has 536 valence electrons. The van der Waals surface area contributed by atoms with E-state index >= 15 is 0 Å². The topological polar surface area (TPSA) is 34.5 Å². The smallest absolute Gasteiger partial charge is 0.0518 e. The Kier molecular flexibility index (Phi) is 19.3. The van der Waals surface area contributed by atoms with Crippen molar-refractivity contribution in [2.45, 2.75) is 69.2 Å². The minimum Gasteiger partial charge on any atom is -0.344 e. The molecule has 0 aliphatic carbocycles. The van der Waals surface area contributed by atoms with E-state index in [0.29, 0.717) is 0 Å². The van der Waals surface area contributed by atoms with Crippen LogP contribution in [-0.4, -0.2) is 32.0 Å². The van der Waals surface area contributed by atoms with E-state index < -0.39 is 0 Å².